The molecule has 1 atom stereocenters. The SMILES string of the molecule is COc1ccccc1NC(=O)N[C@H](C)COc1ccccc1C. The molecule has 0 saturated carbocycles. The van der Waals surface area contributed by atoms with Crippen LogP contribution >= 0.6 is 0 Å². The van der Waals surface area contributed by atoms with Gasteiger partial charge in [-0.3, -0.25) is 0 Å². The number of anilines is 1. The van der Waals surface area contributed by atoms with Crippen LogP contribution in [0.25, 0.3) is 0 Å². The van der Waals surface area contributed by atoms with E-state index in [4.69, 9.17) is 9.47 Å². The molecule has 0 aliphatic rings. The Bertz CT molecular complexity index is 658. The van der Waals surface area contributed by atoms with Crippen LogP contribution in [0, 0.1) is 6.92 Å². The lowest BCUT2D eigenvalue weighted by Crippen LogP contribution is -2.39. The van der Waals surface area contributed by atoms with Crippen LogP contribution in [0.3, 0.4) is 0 Å². The Labute approximate surface area is 136 Å². The van der Waals surface area contributed by atoms with Gasteiger partial charge >= 0.3 is 6.03 Å². The van der Waals surface area contributed by atoms with E-state index >= 15 is 0 Å². The van der Waals surface area contributed by atoms with Crippen LogP contribution in [-0.4, -0.2) is 25.8 Å². The number of methoxy groups -OCH3 is 1. The summed E-state index contributed by atoms with van der Waals surface area (Å²) >= 11 is 0. The number of amides is 2. The van der Waals surface area contributed by atoms with Gasteiger partial charge in [-0.25, -0.2) is 4.79 Å². The van der Waals surface area contributed by atoms with Crippen molar-refractivity contribution >= 4 is 11.7 Å². The van der Waals surface area contributed by atoms with Gasteiger partial charge in [-0.15, -0.1) is 0 Å². The van der Waals surface area contributed by atoms with Gasteiger partial charge < -0.3 is 20.1 Å². The fourth-order valence-electron chi connectivity index (χ4n) is 2.10. The molecule has 0 spiro atoms. The fraction of sp³-hybridized carbons (Fsp3) is 0.278. The topological polar surface area (TPSA) is 59.6 Å². The third-order valence-electron chi connectivity index (χ3n) is 3.32. The van der Waals surface area contributed by atoms with Gasteiger partial charge in [0.1, 0.15) is 18.1 Å². The van der Waals surface area contributed by atoms with E-state index in [9.17, 15) is 4.79 Å². The Balaban J connectivity index is 1.84. The number of urea groups is 1. The second kappa shape index (κ2) is 8.08. The number of hydrogen-bond acceptors (Lipinski definition) is 3. The highest BCUT2D eigenvalue weighted by atomic mass is 16.5. The summed E-state index contributed by atoms with van der Waals surface area (Å²) in [6, 6.07) is 14.6. The van der Waals surface area contributed by atoms with Gasteiger partial charge in [0.2, 0.25) is 0 Å². The molecule has 122 valence electrons. The maximum absolute atomic E-state index is 12.0. The molecule has 2 amide bonds. The summed E-state index contributed by atoms with van der Waals surface area (Å²) < 4.78 is 10.9. The Hall–Kier alpha value is -2.69. The van der Waals surface area contributed by atoms with Gasteiger partial charge in [-0.2, -0.15) is 0 Å². The molecule has 2 N–H and O–H groups in total. The first-order valence-electron chi connectivity index (χ1n) is 7.49. The normalized spacial score (nSPS) is 11.4. The minimum absolute atomic E-state index is 0.135. The second-order valence-electron chi connectivity index (χ2n) is 5.28. The number of benzene rings is 2. The van der Waals surface area contributed by atoms with Crippen molar-refractivity contribution < 1.29 is 14.3 Å². The summed E-state index contributed by atoms with van der Waals surface area (Å²) in [6.45, 7) is 4.27. The third-order valence-corrected chi connectivity index (χ3v) is 3.32. The molecule has 0 saturated heterocycles. The number of ether oxygens (including phenoxy) is 2. The Kier molecular flexibility index (Phi) is 5.86. The molecule has 0 bridgehead atoms. The number of aryl methyl sites for hydroxylation is 1. The van der Waals surface area contributed by atoms with E-state index in [0.29, 0.717) is 18.0 Å². The highest BCUT2D eigenvalue weighted by molar-refractivity contribution is 5.91. The molecule has 0 aliphatic carbocycles. The lowest BCUT2D eigenvalue weighted by atomic mass is 10.2. The van der Waals surface area contributed by atoms with E-state index in [2.05, 4.69) is 10.6 Å². The van der Waals surface area contributed by atoms with Crippen molar-refractivity contribution in [2.45, 2.75) is 19.9 Å². The van der Waals surface area contributed by atoms with Crippen molar-refractivity contribution in [2.75, 3.05) is 19.0 Å². The second-order valence-corrected chi connectivity index (χ2v) is 5.28. The zero-order chi connectivity index (χ0) is 16.7. The molecule has 0 unspecified atom stereocenters. The molecular formula is C18H22N2O3. The monoisotopic (exact) mass is 314 g/mol. The maximum atomic E-state index is 12.0. The number of para-hydroxylation sites is 3. The summed E-state index contributed by atoms with van der Waals surface area (Å²) in [5.74, 6) is 1.44. The van der Waals surface area contributed by atoms with E-state index in [0.717, 1.165) is 11.3 Å². The van der Waals surface area contributed by atoms with Crippen molar-refractivity contribution in [1.82, 2.24) is 5.32 Å². The molecule has 5 nitrogen and oxygen atoms in total. The van der Waals surface area contributed by atoms with E-state index in [1.54, 1.807) is 19.2 Å². The molecule has 0 heterocycles. The van der Waals surface area contributed by atoms with Crippen LogP contribution in [0.5, 0.6) is 11.5 Å². The van der Waals surface area contributed by atoms with E-state index in [1.807, 2.05) is 50.2 Å². The average molecular weight is 314 g/mol. The van der Waals surface area contributed by atoms with Crippen molar-refractivity contribution in [1.29, 1.82) is 0 Å². The smallest absolute Gasteiger partial charge is 0.319 e. The molecule has 0 aromatic heterocycles. The van der Waals surface area contributed by atoms with Crippen LogP contribution in [0.2, 0.25) is 0 Å². The molecule has 0 radical (unpaired) electrons. The first-order valence-corrected chi connectivity index (χ1v) is 7.49. The molecule has 0 fully saturated rings. The van der Waals surface area contributed by atoms with E-state index in [-0.39, 0.29) is 12.1 Å². The summed E-state index contributed by atoms with van der Waals surface area (Å²) in [4.78, 5) is 12.0. The summed E-state index contributed by atoms with van der Waals surface area (Å²) in [6.07, 6.45) is 0. The highest BCUT2D eigenvalue weighted by Crippen LogP contribution is 2.22. The van der Waals surface area contributed by atoms with Crippen molar-refractivity contribution in [3.05, 3.63) is 54.1 Å². The van der Waals surface area contributed by atoms with Crippen molar-refractivity contribution in [3.63, 3.8) is 0 Å². The Morgan fingerprint density at radius 1 is 1.09 bits per heavy atom. The van der Waals surface area contributed by atoms with Crippen LogP contribution in [0.1, 0.15) is 12.5 Å². The minimum atomic E-state index is -0.296. The summed E-state index contributed by atoms with van der Waals surface area (Å²) in [5, 5.41) is 5.61. The molecule has 23 heavy (non-hydrogen) atoms. The van der Waals surface area contributed by atoms with Gasteiger partial charge in [0.05, 0.1) is 18.8 Å². The van der Waals surface area contributed by atoms with Crippen LogP contribution in [-0.2, 0) is 0 Å². The lowest BCUT2D eigenvalue weighted by molar-refractivity contribution is 0.236. The van der Waals surface area contributed by atoms with Gasteiger partial charge in [-0.05, 0) is 37.6 Å². The molecule has 2 rings (SSSR count). The molecule has 2 aromatic rings. The number of carbonyl (C=O) groups is 1. The quantitative estimate of drug-likeness (QED) is 0.856. The van der Waals surface area contributed by atoms with Gasteiger partial charge in [0, 0.05) is 0 Å². The third kappa shape index (κ3) is 4.92. The average Bonchev–Trinajstić information content (AvgIpc) is 2.54. The first kappa shape index (κ1) is 16.7. The number of hydrogen-bond donors (Lipinski definition) is 2. The van der Waals surface area contributed by atoms with Gasteiger partial charge in [0.15, 0.2) is 0 Å². The number of rotatable bonds is 6. The van der Waals surface area contributed by atoms with E-state index < -0.39 is 0 Å². The van der Waals surface area contributed by atoms with Gasteiger partial charge in [0.25, 0.3) is 0 Å². The Morgan fingerprint density at radius 3 is 2.43 bits per heavy atom. The predicted molar refractivity (Wildman–Crippen MR) is 91.3 cm³/mol. The van der Waals surface area contributed by atoms with Crippen LogP contribution in [0.15, 0.2) is 48.5 Å². The number of carbonyl (C=O) groups excluding carboxylic acids is 1. The number of nitrogens with one attached hydrogen (secondary N) is 2. The maximum Gasteiger partial charge on any atom is 0.319 e. The van der Waals surface area contributed by atoms with Crippen molar-refractivity contribution in [3.8, 4) is 11.5 Å². The largest absolute Gasteiger partial charge is 0.495 e. The molecule has 2 aromatic carbocycles. The van der Waals surface area contributed by atoms with Crippen LogP contribution in [0.4, 0.5) is 10.5 Å². The highest BCUT2D eigenvalue weighted by Gasteiger charge is 2.11. The van der Waals surface area contributed by atoms with E-state index in [1.165, 1.54) is 0 Å². The lowest BCUT2D eigenvalue weighted by Gasteiger charge is -2.17. The molecular weight excluding hydrogens is 292 g/mol. The zero-order valence-electron chi connectivity index (χ0n) is 13.6. The summed E-state index contributed by atoms with van der Waals surface area (Å²) in [7, 11) is 1.57. The minimum Gasteiger partial charge on any atom is -0.495 e. The van der Waals surface area contributed by atoms with Crippen molar-refractivity contribution in [2.24, 2.45) is 0 Å². The van der Waals surface area contributed by atoms with Gasteiger partial charge in [-0.1, -0.05) is 30.3 Å². The fourth-order valence-corrected chi connectivity index (χ4v) is 2.10. The zero-order valence-corrected chi connectivity index (χ0v) is 13.6. The standard InChI is InChI=1S/C18H22N2O3/c1-13-8-4-6-10-16(13)23-12-14(2)19-18(21)20-15-9-5-7-11-17(15)22-3/h4-11,14H,12H2,1-3H3,(H2,19,20,21)/t14-/m1/s1. The predicted octanol–water partition coefficient (Wildman–Crippen LogP) is 3.59. The molecule has 5 heteroatoms. The summed E-state index contributed by atoms with van der Waals surface area (Å²) in [5.41, 5.74) is 1.69. The van der Waals surface area contributed by atoms with Crippen LogP contribution < -0.4 is 20.1 Å². The molecule has 0 aliphatic heterocycles. The Morgan fingerprint density at radius 2 is 1.74 bits per heavy atom. The first-order chi connectivity index (χ1) is 11.1.